The summed E-state index contributed by atoms with van der Waals surface area (Å²) < 4.78 is 0. The fourth-order valence-corrected chi connectivity index (χ4v) is 7.02. The Kier molecular flexibility index (Phi) is 5.62. The van der Waals surface area contributed by atoms with Crippen LogP contribution in [0.5, 0.6) is 0 Å². The topological polar surface area (TPSA) is 64.4 Å². The molecular weight excluding hydrogens is 330 g/mol. The van der Waals surface area contributed by atoms with Crippen molar-refractivity contribution in [3.8, 4) is 0 Å². The highest BCUT2D eigenvalue weighted by molar-refractivity contribution is 5.61. The monoisotopic (exact) mass is 369 g/mol. The molecule has 1 aliphatic heterocycles. The van der Waals surface area contributed by atoms with Crippen molar-refractivity contribution in [3.63, 3.8) is 0 Å². The highest BCUT2D eigenvalue weighted by atomic mass is 14.8. The molecule has 2 fully saturated rings. The molecule has 4 aliphatic rings. The summed E-state index contributed by atoms with van der Waals surface area (Å²) in [6.45, 7) is 5.87. The summed E-state index contributed by atoms with van der Waals surface area (Å²) in [6.07, 6.45) is 17.6. The standard InChI is InChI=1S/C24H39N3/c1-16-12-19(26)9-10-24(16,2)22-8-7-17-14-23-18(6-4-3-5-11-27-23)13-20(17)21(22)15-25/h3-4,11,16-17,19-22H,5-10,12-15,25-26H2,1-2H3/b4-3-,27-11?/t16?,17?,19-,20?,21?,22-,24?/m1/s1. The van der Waals surface area contributed by atoms with Crippen LogP contribution in [0, 0.1) is 35.0 Å². The summed E-state index contributed by atoms with van der Waals surface area (Å²) in [5.74, 6) is 3.69. The Bertz CT molecular complexity index is 634. The summed E-state index contributed by atoms with van der Waals surface area (Å²) in [5.41, 5.74) is 16.2. The zero-order valence-corrected chi connectivity index (χ0v) is 17.4. The average molecular weight is 370 g/mol. The Labute approximate surface area is 165 Å². The second kappa shape index (κ2) is 7.83. The molecule has 0 saturated heterocycles. The predicted octanol–water partition coefficient (Wildman–Crippen LogP) is 4.83. The molecule has 1 heterocycles. The van der Waals surface area contributed by atoms with Gasteiger partial charge in [-0.1, -0.05) is 26.0 Å². The lowest BCUT2D eigenvalue weighted by Gasteiger charge is -2.55. The van der Waals surface area contributed by atoms with Crippen LogP contribution in [0.3, 0.4) is 0 Å². The normalized spacial score (nSPS) is 46.2. The fraction of sp³-hybridized carbons (Fsp3) is 0.792. The Balaban J connectivity index is 1.58. The van der Waals surface area contributed by atoms with E-state index in [1.54, 1.807) is 5.57 Å². The van der Waals surface area contributed by atoms with Crippen molar-refractivity contribution in [1.82, 2.24) is 0 Å². The Morgan fingerprint density at radius 3 is 2.81 bits per heavy atom. The van der Waals surface area contributed by atoms with E-state index in [4.69, 9.17) is 16.5 Å². The molecule has 0 radical (unpaired) electrons. The van der Waals surface area contributed by atoms with Crippen LogP contribution < -0.4 is 11.5 Å². The number of hydrogen-bond acceptors (Lipinski definition) is 3. The van der Waals surface area contributed by atoms with Crippen LogP contribution in [-0.2, 0) is 0 Å². The molecule has 3 aliphatic carbocycles. The summed E-state index contributed by atoms with van der Waals surface area (Å²) in [5, 5.41) is 0. The van der Waals surface area contributed by atoms with Gasteiger partial charge in [0, 0.05) is 24.4 Å². The van der Waals surface area contributed by atoms with E-state index >= 15 is 0 Å². The van der Waals surface area contributed by atoms with E-state index in [0.717, 1.165) is 37.1 Å². The van der Waals surface area contributed by atoms with E-state index in [0.29, 0.717) is 23.3 Å². The third kappa shape index (κ3) is 3.58. The molecule has 150 valence electrons. The Hall–Kier alpha value is -0.930. The molecule has 0 aromatic heterocycles. The number of nitrogens with two attached hydrogens (primary N) is 2. The lowest BCUT2D eigenvalue weighted by Crippen LogP contribution is -2.51. The molecule has 4 N–H and O–H groups in total. The molecule has 5 unspecified atom stereocenters. The van der Waals surface area contributed by atoms with Gasteiger partial charge in [0.25, 0.3) is 0 Å². The second-order valence-electron chi connectivity index (χ2n) is 10.1. The van der Waals surface area contributed by atoms with Gasteiger partial charge in [0.2, 0.25) is 0 Å². The van der Waals surface area contributed by atoms with Crippen LogP contribution in [0.2, 0.25) is 0 Å². The first kappa shape index (κ1) is 19.4. The van der Waals surface area contributed by atoms with Gasteiger partial charge in [0.05, 0.1) is 0 Å². The van der Waals surface area contributed by atoms with Gasteiger partial charge in [-0.05, 0) is 98.5 Å². The van der Waals surface area contributed by atoms with Crippen molar-refractivity contribution in [3.05, 3.63) is 23.4 Å². The van der Waals surface area contributed by atoms with Crippen LogP contribution in [0.25, 0.3) is 0 Å². The van der Waals surface area contributed by atoms with Gasteiger partial charge in [-0.3, -0.25) is 4.99 Å². The van der Waals surface area contributed by atoms with E-state index in [1.807, 2.05) is 0 Å². The van der Waals surface area contributed by atoms with Gasteiger partial charge in [0.15, 0.2) is 0 Å². The van der Waals surface area contributed by atoms with Crippen molar-refractivity contribution >= 4 is 6.21 Å². The molecule has 3 nitrogen and oxygen atoms in total. The first-order valence-electron chi connectivity index (χ1n) is 11.4. The third-order valence-corrected chi connectivity index (χ3v) is 8.84. The molecule has 4 rings (SSSR count). The molecule has 27 heavy (non-hydrogen) atoms. The fourth-order valence-electron chi connectivity index (χ4n) is 7.02. The van der Waals surface area contributed by atoms with Crippen LogP contribution in [-0.4, -0.2) is 18.8 Å². The zero-order valence-electron chi connectivity index (χ0n) is 17.4. The Morgan fingerprint density at radius 2 is 2.04 bits per heavy atom. The smallest absolute Gasteiger partial charge is 0.0397 e. The van der Waals surface area contributed by atoms with Gasteiger partial charge in [0.1, 0.15) is 0 Å². The highest BCUT2D eigenvalue weighted by Gasteiger charge is 2.50. The molecule has 0 aromatic carbocycles. The van der Waals surface area contributed by atoms with E-state index in [1.165, 1.54) is 50.6 Å². The summed E-state index contributed by atoms with van der Waals surface area (Å²) in [4.78, 5) is 4.85. The van der Waals surface area contributed by atoms with Gasteiger partial charge in [-0.25, -0.2) is 0 Å². The van der Waals surface area contributed by atoms with Crippen molar-refractivity contribution < 1.29 is 0 Å². The number of allylic oxidation sites excluding steroid dienone is 4. The van der Waals surface area contributed by atoms with E-state index in [2.05, 4.69) is 32.2 Å². The van der Waals surface area contributed by atoms with Gasteiger partial charge in [-0.2, -0.15) is 0 Å². The zero-order chi connectivity index (χ0) is 19.0. The number of aliphatic imine (C=N–C) groups is 1. The number of hydrogen-bond donors (Lipinski definition) is 2. The highest BCUT2D eigenvalue weighted by Crippen LogP contribution is 2.57. The molecule has 0 amide bonds. The van der Waals surface area contributed by atoms with Crippen LogP contribution >= 0.6 is 0 Å². The maximum absolute atomic E-state index is 6.48. The molecule has 0 bridgehead atoms. The largest absolute Gasteiger partial charge is 0.330 e. The third-order valence-electron chi connectivity index (χ3n) is 8.84. The molecule has 2 saturated carbocycles. The lowest BCUT2D eigenvalue weighted by molar-refractivity contribution is -0.0455. The van der Waals surface area contributed by atoms with Crippen molar-refractivity contribution in [2.24, 2.45) is 51.5 Å². The molecule has 7 atom stereocenters. The minimum atomic E-state index is 0.405. The van der Waals surface area contributed by atoms with Gasteiger partial charge in [-0.15, -0.1) is 0 Å². The minimum absolute atomic E-state index is 0.405. The summed E-state index contributed by atoms with van der Waals surface area (Å²) in [7, 11) is 0. The van der Waals surface area contributed by atoms with Crippen LogP contribution in [0.1, 0.15) is 71.6 Å². The minimum Gasteiger partial charge on any atom is -0.330 e. The summed E-state index contributed by atoms with van der Waals surface area (Å²) >= 11 is 0. The van der Waals surface area contributed by atoms with E-state index < -0.39 is 0 Å². The first-order chi connectivity index (χ1) is 13.0. The van der Waals surface area contributed by atoms with Crippen LogP contribution in [0.15, 0.2) is 28.4 Å². The maximum Gasteiger partial charge on any atom is 0.0397 e. The quantitative estimate of drug-likeness (QED) is 0.685. The maximum atomic E-state index is 6.48. The number of nitrogens with zero attached hydrogens (tertiary/aromatic N) is 1. The van der Waals surface area contributed by atoms with E-state index in [-0.39, 0.29) is 0 Å². The Morgan fingerprint density at radius 1 is 1.19 bits per heavy atom. The average Bonchev–Trinajstić information content (AvgIpc) is 2.64. The number of fused-ring (bicyclic) bond motifs is 1. The van der Waals surface area contributed by atoms with Crippen molar-refractivity contribution in [2.45, 2.75) is 77.7 Å². The molecule has 0 spiro atoms. The SMILES string of the molecule is CC1C[C@H](N)CCC1(C)[C@@H]1CCC2CC3=C(C/C=C\CC=N3)CC2C1CN. The van der Waals surface area contributed by atoms with Crippen LogP contribution in [0.4, 0.5) is 0 Å². The van der Waals surface area contributed by atoms with Crippen molar-refractivity contribution in [2.75, 3.05) is 6.54 Å². The lowest BCUT2D eigenvalue weighted by atomic mass is 9.50. The summed E-state index contributed by atoms with van der Waals surface area (Å²) in [6, 6.07) is 0.405. The molecule has 3 heteroatoms. The second-order valence-corrected chi connectivity index (χ2v) is 10.1. The van der Waals surface area contributed by atoms with Gasteiger partial charge < -0.3 is 11.5 Å². The first-order valence-corrected chi connectivity index (χ1v) is 11.4. The predicted molar refractivity (Wildman–Crippen MR) is 114 cm³/mol. The van der Waals surface area contributed by atoms with Crippen molar-refractivity contribution in [1.29, 1.82) is 0 Å². The van der Waals surface area contributed by atoms with Gasteiger partial charge >= 0.3 is 0 Å². The number of rotatable bonds is 2. The molecule has 0 aromatic rings. The van der Waals surface area contributed by atoms with E-state index in [9.17, 15) is 0 Å². The molecular formula is C24H39N3.